The molecule has 3 nitrogen and oxygen atoms in total. The zero-order valence-electron chi connectivity index (χ0n) is 15.1. The molecule has 0 bridgehead atoms. The van der Waals surface area contributed by atoms with Crippen LogP contribution in [0.15, 0.2) is 47.4 Å². The second-order valence-corrected chi connectivity index (χ2v) is 8.88. The zero-order valence-corrected chi connectivity index (χ0v) is 16.7. The summed E-state index contributed by atoms with van der Waals surface area (Å²) in [5.74, 6) is 0.604. The maximum Gasteiger partial charge on any atom is 0.233 e. The summed E-state index contributed by atoms with van der Waals surface area (Å²) in [7, 11) is 1.88. The van der Waals surface area contributed by atoms with Gasteiger partial charge in [0, 0.05) is 11.9 Å². The third-order valence-electron chi connectivity index (χ3n) is 5.07. The first-order chi connectivity index (χ1) is 12.6. The van der Waals surface area contributed by atoms with Crippen LogP contribution in [0.1, 0.15) is 35.5 Å². The molecule has 1 aromatic heterocycles. The second-order valence-electron chi connectivity index (χ2n) is 6.77. The lowest BCUT2D eigenvalue weighted by Crippen LogP contribution is -2.31. The Bertz CT molecular complexity index is 917. The molecule has 1 atom stereocenters. The summed E-state index contributed by atoms with van der Waals surface area (Å²) >= 11 is 3.30. The van der Waals surface area contributed by atoms with Crippen LogP contribution in [0.5, 0.6) is 0 Å². The van der Waals surface area contributed by atoms with E-state index in [0.717, 1.165) is 10.5 Å². The fourth-order valence-electron chi connectivity index (χ4n) is 3.34. The van der Waals surface area contributed by atoms with E-state index in [2.05, 4.69) is 31.2 Å². The van der Waals surface area contributed by atoms with E-state index in [1.54, 1.807) is 23.1 Å². The predicted molar refractivity (Wildman–Crippen MR) is 110 cm³/mol. The van der Waals surface area contributed by atoms with Gasteiger partial charge in [-0.1, -0.05) is 18.2 Å². The smallest absolute Gasteiger partial charge is 0.233 e. The van der Waals surface area contributed by atoms with Crippen molar-refractivity contribution in [3.8, 4) is 0 Å². The molecule has 0 radical (unpaired) electrons. The van der Waals surface area contributed by atoms with Gasteiger partial charge < -0.3 is 4.90 Å². The van der Waals surface area contributed by atoms with Gasteiger partial charge in [0.2, 0.25) is 5.91 Å². The fraction of sp³-hybridized carbons (Fsp3) is 0.333. The van der Waals surface area contributed by atoms with Gasteiger partial charge in [-0.25, -0.2) is 4.98 Å². The van der Waals surface area contributed by atoms with Crippen molar-refractivity contribution in [2.75, 3.05) is 12.8 Å². The van der Waals surface area contributed by atoms with E-state index in [4.69, 9.17) is 4.98 Å². The lowest BCUT2D eigenvalue weighted by Gasteiger charge is -2.23. The van der Waals surface area contributed by atoms with E-state index >= 15 is 0 Å². The Balaban J connectivity index is 1.40. The molecule has 0 saturated carbocycles. The molecule has 0 spiro atoms. The van der Waals surface area contributed by atoms with Crippen molar-refractivity contribution in [2.45, 2.75) is 37.1 Å². The summed E-state index contributed by atoms with van der Waals surface area (Å²) < 4.78 is 1.17. The van der Waals surface area contributed by atoms with Gasteiger partial charge in [0.15, 0.2) is 0 Å². The van der Waals surface area contributed by atoms with Gasteiger partial charge in [0.05, 0.1) is 22.0 Å². The first-order valence-corrected chi connectivity index (χ1v) is 10.8. The number of para-hydroxylation sites is 1. The number of aromatic nitrogens is 1. The Kier molecular flexibility index (Phi) is 5.00. The minimum atomic E-state index is -0.0134. The summed E-state index contributed by atoms with van der Waals surface area (Å²) in [5, 5.41) is 0.990. The molecule has 1 aliphatic rings. The maximum absolute atomic E-state index is 12.7. The van der Waals surface area contributed by atoms with E-state index < -0.39 is 0 Å². The average Bonchev–Trinajstić information content (AvgIpc) is 3.30. The Hall–Kier alpha value is -1.85. The molecule has 1 amide bonds. The number of nitrogens with zero attached hydrogens (tertiary/aromatic N) is 2. The summed E-state index contributed by atoms with van der Waals surface area (Å²) in [6, 6.07) is 14.7. The summed E-state index contributed by atoms with van der Waals surface area (Å²) in [4.78, 5) is 20.4. The van der Waals surface area contributed by atoms with Gasteiger partial charge in [-0.3, -0.25) is 4.79 Å². The van der Waals surface area contributed by atoms with E-state index in [1.807, 2.05) is 30.1 Å². The molecule has 3 aromatic rings. The lowest BCUT2D eigenvalue weighted by atomic mass is 10.1. The molecule has 0 unspecified atom stereocenters. The van der Waals surface area contributed by atoms with Crippen LogP contribution in [0.25, 0.3) is 10.2 Å². The SMILES string of the molecule is C[C@@H](c1nc2ccccc2s1)N(C)C(=O)CSc1ccc2c(c1)CCC2. The predicted octanol–water partition coefficient (Wildman–Crippen LogP) is 5.10. The highest BCUT2D eigenvalue weighted by Crippen LogP contribution is 2.30. The highest BCUT2D eigenvalue weighted by molar-refractivity contribution is 8.00. The van der Waals surface area contributed by atoms with Crippen LogP contribution >= 0.6 is 23.1 Å². The van der Waals surface area contributed by atoms with Crippen LogP contribution in [-0.2, 0) is 17.6 Å². The number of amides is 1. The van der Waals surface area contributed by atoms with Crippen LogP contribution in [0.3, 0.4) is 0 Å². The summed E-state index contributed by atoms with van der Waals surface area (Å²) in [6.45, 7) is 2.05. The molecule has 2 aromatic carbocycles. The van der Waals surface area contributed by atoms with Crippen LogP contribution < -0.4 is 0 Å². The minimum Gasteiger partial charge on any atom is -0.336 e. The quantitative estimate of drug-likeness (QED) is 0.576. The Morgan fingerprint density at radius 2 is 2.04 bits per heavy atom. The number of rotatable bonds is 5. The fourth-order valence-corrected chi connectivity index (χ4v) is 5.28. The summed E-state index contributed by atoms with van der Waals surface area (Å²) in [5.41, 5.74) is 3.94. The number of thiazole rings is 1. The number of carbonyl (C=O) groups is 1. The van der Waals surface area contributed by atoms with E-state index in [9.17, 15) is 4.79 Å². The standard InChI is InChI=1S/C21H22N2OS2/c1-14(21-22-18-8-3-4-9-19(18)26-21)23(2)20(24)13-25-17-11-10-15-6-5-7-16(15)12-17/h3-4,8-12,14H,5-7,13H2,1-2H3/t14-/m0/s1. The summed E-state index contributed by atoms with van der Waals surface area (Å²) in [6.07, 6.45) is 3.62. The van der Waals surface area contributed by atoms with Crippen LogP contribution in [0.2, 0.25) is 0 Å². The normalized spacial score (nSPS) is 14.4. The molecule has 4 rings (SSSR count). The van der Waals surface area contributed by atoms with Gasteiger partial charge >= 0.3 is 0 Å². The largest absolute Gasteiger partial charge is 0.336 e. The molecule has 0 N–H and O–H groups in total. The number of carbonyl (C=O) groups excluding carboxylic acids is 1. The molecule has 0 fully saturated rings. The average molecular weight is 383 g/mol. The molecule has 0 saturated heterocycles. The Morgan fingerprint density at radius 3 is 2.88 bits per heavy atom. The first-order valence-electron chi connectivity index (χ1n) is 8.97. The van der Waals surface area contributed by atoms with Crippen molar-refractivity contribution in [1.29, 1.82) is 0 Å². The topological polar surface area (TPSA) is 33.2 Å². The maximum atomic E-state index is 12.7. The Labute approximate surface area is 162 Å². The minimum absolute atomic E-state index is 0.0134. The van der Waals surface area contributed by atoms with Crippen molar-refractivity contribution in [2.24, 2.45) is 0 Å². The monoisotopic (exact) mass is 382 g/mol. The zero-order chi connectivity index (χ0) is 18.1. The van der Waals surface area contributed by atoms with Crippen molar-refractivity contribution >= 4 is 39.2 Å². The van der Waals surface area contributed by atoms with Gasteiger partial charge in [0.1, 0.15) is 5.01 Å². The van der Waals surface area contributed by atoms with E-state index in [1.165, 1.54) is 40.0 Å². The van der Waals surface area contributed by atoms with Gasteiger partial charge in [-0.2, -0.15) is 0 Å². The van der Waals surface area contributed by atoms with Crippen molar-refractivity contribution in [3.05, 3.63) is 58.6 Å². The first kappa shape index (κ1) is 17.6. The molecule has 134 valence electrons. The van der Waals surface area contributed by atoms with Crippen LogP contribution in [0, 0.1) is 0 Å². The van der Waals surface area contributed by atoms with Crippen molar-refractivity contribution in [1.82, 2.24) is 9.88 Å². The van der Waals surface area contributed by atoms with Crippen LogP contribution in [-0.4, -0.2) is 28.6 Å². The number of thioether (sulfide) groups is 1. The van der Waals surface area contributed by atoms with Crippen molar-refractivity contribution in [3.63, 3.8) is 0 Å². The highest BCUT2D eigenvalue weighted by Gasteiger charge is 2.21. The van der Waals surface area contributed by atoms with E-state index in [0.29, 0.717) is 5.75 Å². The molecule has 5 heteroatoms. The molecule has 0 aliphatic heterocycles. The molecular formula is C21H22N2OS2. The number of hydrogen-bond donors (Lipinski definition) is 0. The van der Waals surface area contributed by atoms with Gasteiger partial charge in [-0.15, -0.1) is 23.1 Å². The third kappa shape index (κ3) is 3.51. The highest BCUT2D eigenvalue weighted by atomic mass is 32.2. The van der Waals surface area contributed by atoms with Crippen molar-refractivity contribution < 1.29 is 4.79 Å². The van der Waals surface area contributed by atoms with Gasteiger partial charge in [0.25, 0.3) is 0 Å². The number of benzene rings is 2. The molecule has 1 heterocycles. The van der Waals surface area contributed by atoms with Gasteiger partial charge in [-0.05, 0) is 61.6 Å². The number of hydrogen-bond acceptors (Lipinski definition) is 4. The second kappa shape index (κ2) is 7.41. The molecular weight excluding hydrogens is 360 g/mol. The molecule has 26 heavy (non-hydrogen) atoms. The number of fused-ring (bicyclic) bond motifs is 2. The Morgan fingerprint density at radius 1 is 1.23 bits per heavy atom. The number of aryl methyl sites for hydroxylation is 2. The third-order valence-corrected chi connectivity index (χ3v) is 7.26. The van der Waals surface area contributed by atoms with Crippen LogP contribution in [0.4, 0.5) is 0 Å². The van der Waals surface area contributed by atoms with E-state index in [-0.39, 0.29) is 11.9 Å². The molecule has 1 aliphatic carbocycles. The lowest BCUT2D eigenvalue weighted by molar-refractivity contribution is -0.128.